The molecule has 74 valence electrons. The van der Waals surface area contributed by atoms with E-state index in [0.29, 0.717) is 0 Å². The molecule has 0 aromatic rings. The molecule has 0 fully saturated rings. The smallest absolute Gasteiger partial charge is 0.0951 e. The van der Waals surface area contributed by atoms with Crippen LogP contribution >= 0.6 is 11.6 Å². The fourth-order valence-electron chi connectivity index (χ4n) is 1.65. The molecule has 0 amide bonds. The first kappa shape index (κ1) is 9.72. The van der Waals surface area contributed by atoms with Crippen LogP contribution < -0.4 is 0 Å². The average Bonchev–Trinajstić information content (AvgIpc) is 2.26. The summed E-state index contributed by atoms with van der Waals surface area (Å²) in [5.41, 5.74) is 3.78. The predicted octanol–water partition coefficient (Wildman–Crippen LogP) is 3.62. The van der Waals surface area contributed by atoms with Gasteiger partial charge in [-0.25, -0.2) is 0 Å². The molecule has 0 aromatic carbocycles. The van der Waals surface area contributed by atoms with E-state index in [4.69, 9.17) is 11.6 Å². The second-order valence-electron chi connectivity index (χ2n) is 4.14. The van der Waals surface area contributed by atoms with Crippen LogP contribution in [0.2, 0.25) is 0 Å². The second-order valence-corrected chi connectivity index (χ2v) is 4.96. The average molecular weight is 208 g/mol. The summed E-state index contributed by atoms with van der Waals surface area (Å²) in [6, 6.07) is 0. The molecule has 2 heteroatoms. The quantitative estimate of drug-likeness (QED) is 0.538. The Morgan fingerprint density at radius 2 is 2.21 bits per heavy atom. The lowest BCUT2D eigenvalue weighted by atomic mass is 9.96. The lowest BCUT2D eigenvalue weighted by molar-refractivity contribution is 0.906. The third kappa shape index (κ3) is 1.98. The van der Waals surface area contributed by atoms with Crippen LogP contribution in [0.3, 0.4) is 0 Å². The van der Waals surface area contributed by atoms with Crippen LogP contribution in [0.1, 0.15) is 26.7 Å². The van der Waals surface area contributed by atoms with Crippen molar-refractivity contribution < 1.29 is 0 Å². The minimum absolute atomic E-state index is 0.431. The summed E-state index contributed by atoms with van der Waals surface area (Å²) in [5.74, 6) is 0. The van der Waals surface area contributed by atoms with E-state index >= 15 is 0 Å². The Hall–Kier alpha value is -0.820. The number of hydrogen-bond donors (Lipinski definition) is 0. The molecule has 0 aromatic heterocycles. The van der Waals surface area contributed by atoms with Gasteiger partial charge in [0.25, 0.3) is 0 Å². The van der Waals surface area contributed by atoms with Crippen molar-refractivity contribution >= 4 is 17.8 Å². The molecule has 1 aliphatic carbocycles. The Morgan fingerprint density at radius 1 is 1.43 bits per heavy atom. The fourth-order valence-corrected chi connectivity index (χ4v) is 1.76. The molecule has 1 heterocycles. The maximum atomic E-state index is 6.19. The summed E-state index contributed by atoms with van der Waals surface area (Å²) in [6.45, 7) is 4.09. The topological polar surface area (TPSA) is 12.4 Å². The molecule has 0 saturated heterocycles. The monoisotopic (exact) mass is 207 g/mol. The third-order valence-corrected chi connectivity index (χ3v) is 2.79. The van der Waals surface area contributed by atoms with Gasteiger partial charge in [0.1, 0.15) is 0 Å². The summed E-state index contributed by atoms with van der Waals surface area (Å²) in [5, 5.41) is 0. The molecule has 0 spiro atoms. The standard InChI is InChI=1S/C12H14ClN/c1-9-3-4-10-5-6-12(2,13)8-14-11(10)7-9/h5-8H,3-4H2,1-2H3. The first-order valence-electron chi connectivity index (χ1n) is 4.90. The van der Waals surface area contributed by atoms with Crippen LogP contribution in [0.5, 0.6) is 0 Å². The molecule has 2 rings (SSSR count). The van der Waals surface area contributed by atoms with Crippen molar-refractivity contribution in [1.82, 2.24) is 0 Å². The molecular formula is C12H14ClN. The Morgan fingerprint density at radius 3 is 3.00 bits per heavy atom. The van der Waals surface area contributed by atoms with E-state index in [1.54, 1.807) is 0 Å². The first-order valence-corrected chi connectivity index (χ1v) is 5.28. The highest BCUT2D eigenvalue weighted by molar-refractivity contribution is 6.33. The lowest BCUT2D eigenvalue weighted by Crippen LogP contribution is -2.13. The molecule has 0 saturated carbocycles. The van der Waals surface area contributed by atoms with Crippen LogP contribution in [0.15, 0.2) is 40.1 Å². The van der Waals surface area contributed by atoms with Gasteiger partial charge in [0.05, 0.1) is 10.6 Å². The van der Waals surface area contributed by atoms with Crippen LogP contribution in [0, 0.1) is 0 Å². The summed E-state index contributed by atoms with van der Waals surface area (Å²) in [6.07, 6.45) is 10.3. The minimum atomic E-state index is -0.431. The van der Waals surface area contributed by atoms with Gasteiger partial charge in [-0.2, -0.15) is 0 Å². The van der Waals surface area contributed by atoms with Crippen molar-refractivity contribution in [2.75, 3.05) is 0 Å². The zero-order valence-corrected chi connectivity index (χ0v) is 9.30. The van der Waals surface area contributed by atoms with Crippen molar-refractivity contribution in [1.29, 1.82) is 0 Å². The largest absolute Gasteiger partial charge is 0.259 e. The number of rotatable bonds is 0. The van der Waals surface area contributed by atoms with Crippen molar-refractivity contribution in [2.24, 2.45) is 4.99 Å². The predicted molar refractivity (Wildman–Crippen MR) is 61.9 cm³/mol. The molecule has 0 radical (unpaired) electrons. The molecule has 1 aliphatic heterocycles. The maximum Gasteiger partial charge on any atom is 0.0951 e. The number of nitrogens with zero attached hydrogens (tertiary/aromatic N) is 1. The van der Waals surface area contributed by atoms with E-state index in [9.17, 15) is 0 Å². The molecular weight excluding hydrogens is 194 g/mol. The number of halogens is 1. The van der Waals surface area contributed by atoms with Gasteiger partial charge in [0.2, 0.25) is 0 Å². The molecule has 1 unspecified atom stereocenters. The van der Waals surface area contributed by atoms with E-state index in [1.165, 1.54) is 11.1 Å². The molecule has 14 heavy (non-hydrogen) atoms. The molecule has 0 bridgehead atoms. The van der Waals surface area contributed by atoms with Gasteiger partial charge < -0.3 is 0 Å². The van der Waals surface area contributed by atoms with E-state index in [-0.39, 0.29) is 0 Å². The summed E-state index contributed by atoms with van der Waals surface area (Å²) in [4.78, 5) is 4.00. The Labute approximate surface area is 89.9 Å². The van der Waals surface area contributed by atoms with Gasteiger partial charge in [0, 0.05) is 6.21 Å². The van der Waals surface area contributed by atoms with Gasteiger partial charge in [-0.15, -0.1) is 11.6 Å². The van der Waals surface area contributed by atoms with Gasteiger partial charge in [0.15, 0.2) is 0 Å². The molecule has 1 nitrogen and oxygen atoms in total. The third-order valence-electron chi connectivity index (χ3n) is 2.57. The zero-order chi connectivity index (χ0) is 10.2. The highest BCUT2D eigenvalue weighted by Gasteiger charge is 2.18. The van der Waals surface area contributed by atoms with Crippen LogP contribution in [-0.4, -0.2) is 11.1 Å². The van der Waals surface area contributed by atoms with Gasteiger partial charge in [-0.05, 0) is 38.3 Å². The van der Waals surface area contributed by atoms with E-state index in [0.717, 1.165) is 18.5 Å². The Kier molecular flexibility index (Phi) is 2.36. The maximum absolute atomic E-state index is 6.19. The highest BCUT2D eigenvalue weighted by atomic mass is 35.5. The normalized spacial score (nSPS) is 31.2. The van der Waals surface area contributed by atoms with Crippen molar-refractivity contribution in [3.8, 4) is 0 Å². The van der Waals surface area contributed by atoms with E-state index in [2.05, 4.69) is 24.1 Å². The van der Waals surface area contributed by atoms with Crippen LogP contribution in [-0.2, 0) is 0 Å². The van der Waals surface area contributed by atoms with E-state index < -0.39 is 4.87 Å². The summed E-state index contributed by atoms with van der Waals surface area (Å²) < 4.78 is 0. The van der Waals surface area contributed by atoms with Crippen molar-refractivity contribution in [3.63, 3.8) is 0 Å². The first-order chi connectivity index (χ1) is 6.57. The fraction of sp³-hybridized carbons (Fsp3) is 0.417. The molecule has 2 aliphatic rings. The van der Waals surface area contributed by atoms with Gasteiger partial charge in [-0.3, -0.25) is 4.99 Å². The second kappa shape index (κ2) is 3.39. The van der Waals surface area contributed by atoms with Crippen LogP contribution in [0.4, 0.5) is 0 Å². The van der Waals surface area contributed by atoms with E-state index in [1.807, 2.05) is 19.2 Å². The minimum Gasteiger partial charge on any atom is -0.259 e. The zero-order valence-electron chi connectivity index (χ0n) is 8.55. The number of alkyl halides is 1. The SMILES string of the molecule is CC1=CC2=C(C=CC(C)(Cl)C=N2)CC1. The van der Waals surface area contributed by atoms with Gasteiger partial charge in [-0.1, -0.05) is 17.7 Å². The highest BCUT2D eigenvalue weighted by Crippen LogP contribution is 2.29. The van der Waals surface area contributed by atoms with Crippen LogP contribution in [0.25, 0.3) is 0 Å². The summed E-state index contributed by atoms with van der Waals surface area (Å²) >= 11 is 6.19. The Bertz CT molecular complexity index is 370. The van der Waals surface area contributed by atoms with Crippen molar-refractivity contribution in [3.05, 3.63) is 35.1 Å². The molecule has 0 N–H and O–H groups in total. The van der Waals surface area contributed by atoms with Crippen molar-refractivity contribution in [2.45, 2.75) is 31.6 Å². The number of aliphatic imine (C=N–C) groups is 1. The Balaban J connectivity index is 2.40. The lowest BCUT2D eigenvalue weighted by Gasteiger charge is -2.11. The number of allylic oxidation sites excluding steroid dienone is 5. The molecule has 1 atom stereocenters. The van der Waals surface area contributed by atoms with Gasteiger partial charge >= 0.3 is 0 Å². The number of hydrogen-bond acceptors (Lipinski definition) is 1. The summed E-state index contributed by atoms with van der Waals surface area (Å²) in [7, 11) is 0.